The lowest BCUT2D eigenvalue weighted by Gasteiger charge is -2.30. The van der Waals surface area contributed by atoms with Gasteiger partial charge in [0, 0.05) is 39.6 Å². The molecule has 1 fully saturated rings. The maximum atomic E-state index is 13.6. The number of benzene rings is 3. The number of fused-ring (bicyclic) bond motifs is 3. The average molecular weight is 709 g/mol. The van der Waals surface area contributed by atoms with Gasteiger partial charge < -0.3 is 9.30 Å². The van der Waals surface area contributed by atoms with Gasteiger partial charge in [-0.2, -0.15) is 5.26 Å². The largest absolute Gasteiger partial charge is 0.486 e. The first-order chi connectivity index (χ1) is 22.8. The summed E-state index contributed by atoms with van der Waals surface area (Å²) < 4.78 is 37.7. The number of carbonyl (C=O) groups excluding carboxylic acids is 1. The van der Waals surface area contributed by atoms with Crippen LogP contribution < -0.4 is 4.74 Å². The van der Waals surface area contributed by atoms with Crippen LogP contribution in [0.1, 0.15) is 59.9 Å². The predicted molar refractivity (Wildman–Crippen MR) is 182 cm³/mol. The lowest BCUT2D eigenvalue weighted by molar-refractivity contribution is 0.103. The van der Waals surface area contributed by atoms with Gasteiger partial charge in [-0.15, -0.1) is 0 Å². The predicted octanol–water partition coefficient (Wildman–Crippen LogP) is 7.84. The quantitative estimate of drug-likeness (QED) is 0.140. The maximum absolute atomic E-state index is 13.6. The number of nitriles is 1. The molecule has 3 aromatic heterocycles. The molecule has 0 bridgehead atoms. The first-order valence-electron chi connectivity index (χ1n) is 15.4. The van der Waals surface area contributed by atoms with Crippen molar-refractivity contribution < 1.29 is 17.9 Å². The van der Waals surface area contributed by atoms with Gasteiger partial charge in [0.25, 0.3) is 10.0 Å². The molecule has 236 valence electrons. The number of pyridine rings is 1. The van der Waals surface area contributed by atoms with E-state index in [1.165, 1.54) is 3.97 Å². The van der Waals surface area contributed by atoms with E-state index in [4.69, 9.17) is 9.72 Å². The minimum Gasteiger partial charge on any atom is -0.486 e. The topological polar surface area (TPSA) is 120 Å². The molecule has 47 heavy (non-hydrogen) atoms. The molecule has 0 unspecified atom stereocenters. The molecule has 6 aromatic rings. The molecule has 0 atom stereocenters. The Morgan fingerprint density at radius 2 is 1.62 bits per heavy atom. The minimum absolute atomic E-state index is 0.0735. The monoisotopic (exact) mass is 707 g/mol. The first-order valence-corrected chi connectivity index (χ1v) is 17.6. The third-order valence-electron chi connectivity index (χ3n) is 8.85. The van der Waals surface area contributed by atoms with E-state index in [2.05, 4.69) is 31.6 Å². The van der Waals surface area contributed by atoms with Crippen LogP contribution in [-0.4, -0.2) is 32.7 Å². The van der Waals surface area contributed by atoms with E-state index < -0.39 is 10.0 Å². The van der Waals surface area contributed by atoms with Crippen molar-refractivity contribution >= 4 is 53.8 Å². The number of imidazole rings is 1. The molecular weight excluding hydrogens is 678 g/mol. The van der Waals surface area contributed by atoms with E-state index in [0.29, 0.717) is 51.6 Å². The van der Waals surface area contributed by atoms with Gasteiger partial charge in [-0.05, 0) is 98.3 Å². The van der Waals surface area contributed by atoms with E-state index in [1.54, 1.807) is 85.2 Å². The number of aromatic nitrogens is 4. The Hall–Kier alpha value is -4.79. The fraction of sp³-hybridized carbons (Fsp3) is 0.222. The van der Waals surface area contributed by atoms with Crippen LogP contribution in [-0.2, 0) is 16.6 Å². The highest BCUT2D eigenvalue weighted by Gasteiger charge is 2.28. The second-order valence-electron chi connectivity index (χ2n) is 11.7. The minimum atomic E-state index is -3.87. The Bertz CT molecular complexity index is 2230. The van der Waals surface area contributed by atoms with Gasteiger partial charge in [-0.1, -0.05) is 34.1 Å². The van der Waals surface area contributed by atoms with E-state index in [0.717, 1.165) is 35.7 Å². The zero-order valence-corrected chi connectivity index (χ0v) is 27.7. The third-order valence-corrected chi connectivity index (χ3v) is 11.1. The number of carbonyl (C=O) groups is 1. The molecule has 3 heterocycles. The summed E-state index contributed by atoms with van der Waals surface area (Å²) in [5.74, 6) is 1.59. The highest BCUT2D eigenvalue weighted by molar-refractivity contribution is 9.10. The van der Waals surface area contributed by atoms with E-state index in [9.17, 15) is 18.5 Å². The Kier molecular flexibility index (Phi) is 8.39. The third kappa shape index (κ3) is 5.95. The summed E-state index contributed by atoms with van der Waals surface area (Å²) in [5.41, 5.74) is 2.96. The van der Waals surface area contributed by atoms with Gasteiger partial charge in [0.1, 0.15) is 23.7 Å². The zero-order valence-electron chi connectivity index (χ0n) is 25.3. The van der Waals surface area contributed by atoms with Crippen LogP contribution in [0.5, 0.6) is 5.75 Å². The smallest absolute Gasteiger partial charge is 0.269 e. The molecule has 1 aliphatic carbocycles. The molecule has 9 nitrogen and oxygen atoms in total. The summed E-state index contributed by atoms with van der Waals surface area (Å²) in [5, 5.41) is 9.95. The molecule has 0 N–H and O–H groups in total. The first kappa shape index (κ1) is 30.8. The van der Waals surface area contributed by atoms with Crippen LogP contribution in [0.3, 0.4) is 0 Å². The van der Waals surface area contributed by atoms with Gasteiger partial charge in [-0.25, -0.2) is 22.4 Å². The molecule has 7 rings (SSSR count). The number of rotatable bonds is 9. The lowest BCUT2D eigenvalue weighted by atomic mass is 9.84. The Morgan fingerprint density at radius 3 is 2.30 bits per heavy atom. The van der Waals surface area contributed by atoms with Gasteiger partial charge in [0.05, 0.1) is 22.7 Å². The van der Waals surface area contributed by atoms with Crippen LogP contribution >= 0.6 is 15.9 Å². The summed E-state index contributed by atoms with van der Waals surface area (Å²) in [7, 11) is -3.87. The zero-order chi connectivity index (χ0) is 32.5. The van der Waals surface area contributed by atoms with Gasteiger partial charge in [0.15, 0.2) is 11.4 Å². The molecular formula is C36H30BrN5O4S. The lowest BCUT2D eigenvalue weighted by Crippen LogP contribution is -2.20. The van der Waals surface area contributed by atoms with Gasteiger partial charge in [-0.3, -0.25) is 4.79 Å². The maximum Gasteiger partial charge on any atom is 0.269 e. The molecule has 1 aliphatic rings. The molecule has 11 heteroatoms. The number of hydrogen-bond donors (Lipinski definition) is 0. The molecule has 0 aliphatic heterocycles. The van der Waals surface area contributed by atoms with E-state index >= 15 is 0 Å². The number of ketones is 1. The number of halogens is 1. The number of hydrogen-bond acceptors (Lipinski definition) is 7. The van der Waals surface area contributed by atoms with Crippen molar-refractivity contribution in [1.82, 2.24) is 18.5 Å². The van der Waals surface area contributed by atoms with Crippen molar-refractivity contribution in [2.24, 2.45) is 5.92 Å². The fourth-order valence-electron chi connectivity index (χ4n) is 6.45. The Morgan fingerprint density at radius 1 is 0.936 bits per heavy atom. The average Bonchev–Trinajstić information content (AvgIpc) is 3.71. The summed E-state index contributed by atoms with van der Waals surface area (Å²) in [6.07, 6.45) is 7.29. The van der Waals surface area contributed by atoms with E-state index in [-0.39, 0.29) is 23.3 Å². The molecule has 0 amide bonds. The van der Waals surface area contributed by atoms with Gasteiger partial charge in [0.2, 0.25) is 0 Å². The molecule has 0 radical (unpaired) electrons. The number of ether oxygens (including phenoxy) is 1. The van der Waals surface area contributed by atoms with Crippen LogP contribution in [0, 0.1) is 17.2 Å². The SMILES string of the molecule is N#CCC1CCC(n2c(COc3ccc(C(=O)c4ccc(Br)cc4)cc3)nc3cnc4c(ccn4S(=O)(=O)c4ccccc4)c32)CC1. The molecule has 1 saturated carbocycles. The van der Waals surface area contributed by atoms with E-state index in [1.807, 2.05) is 12.1 Å². The summed E-state index contributed by atoms with van der Waals surface area (Å²) in [6, 6.07) is 26.8. The van der Waals surface area contributed by atoms with Crippen molar-refractivity contribution in [2.45, 2.75) is 49.6 Å². The van der Waals surface area contributed by atoms with Crippen molar-refractivity contribution in [3.8, 4) is 11.8 Å². The Balaban J connectivity index is 1.23. The van der Waals surface area contributed by atoms with Crippen molar-refractivity contribution in [3.05, 3.63) is 119 Å². The van der Waals surface area contributed by atoms with Crippen LogP contribution in [0.2, 0.25) is 0 Å². The normalized spacial score (nSPS) is 16.7. The fourth-order valence-corrected chi connectivity index (χ4v) is 8.03. The van der Waals surface area contributed by atoms with Crippen molar-refractivity contribution in [2.75, 3.05) is 0 Å². The van der Waals surface area contributed by atoms with Crippen molar-refractivity contribution in [3.63, 3.8) is 0 Å². The molecule has 0 spiro atoms. The van der Waals surface area contributed by atoms with Crippen LogP contribution in [0.25, 0.3) is 22.1 Å². The second kappa shape index (κ2) is 12.8. The second-order valence-corrected chi connectivity index (χ2v) is 14.5. The molecule has 0 saturated heterocycles. The van der Waals surface area contributed by atoms with Crippen LogP contribution in [0.4, 0.5) is 0 Å². The van der Waals surface area contributed by atoms with Crippen molar-refractivity contribution in [1.29, 1.82) is 5.26 Å². The number of nitrogens with zero attached hydrogens (tertiary/aromatic N) is 5. The highest BCUT2D eigenvalue weighted by atomic mass is 79.9. The standard InChI is InChI=1S/C36H30BrN5O4S/c37-27-12-8-25(9-13-27)35(43)26-10-16-29(17-11-26)46-23-33-40-32-22-39-36-31(19-21-41(36)47(44,45)30-4-2-1-3-5-30)34(32)42(33)28-14-6-24(7-15-28)18-20-38/h1-5,8-13,16-17,19,21-22,24,28H,6-7,14-15,18,23H2. The van der Waals surface area contributed by atoms with Gasteiger partial charge >= 0.3 is 0 Å². The van der Waals surface area contributed by atoms with Crippen LogP contribution in [0.15, 0.2) is 107 Å². The summed E-state index contributed by atoms with van der Waals surface area (Å²) in [6.45, 7) is 0.164. The molecule has 3 aromatic carbocycles. The highest BCUT2D eigenvalue weighted by Crippen LogP contribution is 2.38. The summed E-state index contributed by atoms with van der Waals surface area (Å²) in [4.78, 5) is 22.6. The Labute approximate surface area is 280 Å². The summed E-state index contributed by atoms with van der Waals surface area (Å²) >= 11 is 3.40.